The van der Waals surface area contributed by atoms with Gasteiger partial charge in [0.15, 0.2) is 5.78 Å². The fraction of sp³-hybridized carbons (Fsp3) is 0.182. The van der Waals surface area contributed by atoms with Crippen LogP contribution in [-0.4, -0.2) is 36.5 Å². The fourth-order valence-electron chi connectivity index (χ4n) is 2.94. The lowest BCUT2D eigenvalue weighted by Gasteiger charge is -2.29. The van der Waals surface area contributed by atoms with Gasteiger partial charge in [0, 0.05) is 22.3 Å². The molecule has 28 heavy (non-hydrogen) atoms. The van der Waals surface area contributed by atoms with Crippen LogP contribution >= 0.6 is 0 Å². The van der Waals surface area contributed by atoms with Crippen LogP contribution < -0.4 is 0 Å². The maximum Gasteiger partial charge on any atom is 0.410 e. The largest absolute Gasteiger partial charge is 0.450 e. The van der Waals surface area contributed by atoms with Gasteiger partial charge in [-0.25, -0.2) is 13.6 Å². The number of piperidine rings is 1. The van der Waals surface area contributed by atoms with Crippen molar-refractivity contribution in [2.45, 2.75) is 6.92 Å². The average molecular weight is 383 g/mol. The average Bonchev–Trinajstić information content (AvgIpc) is 2.68. The number of carbonyl (C=O) groups is 2. The quantitative estimate of drug-likeness (QED) is 0.735. The molecule has 0 bridgehead atoms. The Morgan fingerprint density at radius 3 is 1.86 bits per heavy atom. The van der Waals surface area contributed by atoms with Crippen molar-refractivity contribution in [2.75, 3.05) is 19.7 Å². The van der Waals surface area contributed by atoms with E-state index in [4.69, 9.17) is 4.74 Å². The Kier molecular flexibility index (Phi) is 5.99. The van der Waals surface area contributed by atoms with Crippen molar-refractivity contribution in [3.05, 3.63) is 82.4 Å². The second-order valence-electron chi connectivity index (χ2n) is 6.27. The first-order chi connectivity index (χ1) is 13.5. The zero-order valence-electron chi connectivity index (χ0n) is 15.3. The minimum Gasteiger partial charge on any atom is -0.450 e. The third kappa shape index (κ3) is 4.34. The number of hydrogen-bond acceptors (Lipinski definition) is 3. The molecular weight excluding hydrogens is 364 g/mol. The molecule has 1 aliphatic rings. The van der Waals surface area contributed by atoms with Gasteiger partial charge in [0.25, 0.3) is 0 Å². The molecule has 4 nitrogen and oxygen atoms in total. The minimum atomic E-state index is -0.589. The Morgan fingerprint density at radius 1 is 0.964 bits per heavy atom. The highest BCUT2D eigenvalue weighted by molar-refractivity contribution is 6.15. The molecule has 1 saturated heterocycles. The van der Waals surface area contributed by atoms with Crippen LogP contribution in [0.15, 0.2) is 59.7 Å². The summed E-state index contributed by atoms with van der Waals surface area (Å²) in [7, 11) is 0. The molecule has 1 aliphatic heterocycles. The van der Waals surface area contributed by atoms with E-state index < -0.39 is 17.7 Å². The second-order valence-corrected chi connectivity index (χ2v) is 6.27. The van der Waals surface area contributed by atoms with Gasteiger partial charge in [0.05, 0.1) is 19.7 Å². The molecule has 2 aromatic rings. The minimum absolute atomic E-state index is 0.0133. The van der Waals surface area contributed by atoms with E-state index in [0.29, 0.717) is 0 Å². The predicted molar refractivity (Wildman–Crippen MR) is 102 cm³/mol. The highest BCUT2D eigenvalue weighted by Gasteiger charge is 2.30. The number of likely N-dealkylation sites (tertiary alicyclic amines) is 1. The Morgan fingerprint density at radius 2 is 1.43 bits per heavy atom. The van der Waals surface area contributed by atoms with Gasteiger partial charge in [-0.1, -0.05) is 36.4 Å². The number of ketones is 1. The van der Waals surface area contributed by atoms with Crippen LogP contribution in [0.3, 0.4) is 0 Å². The van der Waals surface area contributed by atoms with Gasteiger partial charge < -0.3 is 4.74 Å². The second kappa shape index (κ2) is 8.61. The molecule has 1 amide bonds. The number of benzene rings is 2. The lowest BCUT2D eigenvalue weighted by atomic mass is 9.94. The molecule has 3 rings (SSSR count). The molecule has 1 heterocycles. The van der Waals surface area contributed by atoms with E-state index in [2.05, 4.69) is 0 Å². The normalized spacial score (nSPS) is 17.2. The number of nitrogens with zero attached hydrogens (tertiary/aromatic N) is 1. The number of hydrogen-bond donors (Lipinski definition) is 0. The summed E-state index contributed by atoms with van der Waals surface area (Å²) >= 11 is 0. The summed E-state index contributed by atoms with van der Waals surface area (Å²) in [5.41, 5.74) is 0.933. The van der Waals surface area contributed by atoms with Crippen LogP contribution in [0.5, 0.6) is 0 Å². The summed E-state index contributed by atoms with van der Waals surface area (Å²) in [6, 6.07) is 12.1. The maximum absolute atomic E-state index is 14.0. The van der Waals surface area contributed by atoms with Crippen molar-refractivity contribution in [1.82, 2.24) is 4.90 Å². The van der Waals surface area contributed by atoms with Crippen LogP contribution in [0.25, 0.3) is 12.2 Å². The highest BCUT2D eigenvalue weighted by atomic mass is 19.1. The van der Waals surface area contributed by atoms with Gasteiger partial charge in [-0.2, -0.15) is 0 Å². The van der Waals surface area contributed by atoms with E-state index in [-0.39, 0.29) is 47.8 Å². The van der Waals surface area contributed by atoms with E-state index >= 15 is 0 Å². The molecular formula is C22H19F2NO3. The summed E-state index contributed by atoms with van der Waals surface area (Å²) in [6.45, 7) is 1.84. The molecule has 0 radical (unpaired) electrons. The number of Topliss-reactive ketones (excluding diaryl/α,β-unsaturated/α-hetero) is 1. The fourth-order valence-corrected chi connectivity index (χ4v) is 2.94. The third-order valence-corrected chi connectivity index (χ3v) is 4.30. The molecule has 6 heteroatoms. The first kappa shape index (κ1) is 19.5. The van der Waals surface area contributed by atoms with Crippen molar-refractivity contribution in [3.63, 3.8) is 0 Å². The molecule has 0 saturated carbocycles. The van der Waals surface area contributed by atoms with Crippen molar-refractivity contribution in [3.8, 4) is 0 Å². The molecule has 0 N–H and O–H groups in total. The monoisotopic (exact) mass is 383 g/mol. The number of amides is 1. The van der Waals surface area contributed by atoms with Gasteiger partial charge in [0.2, 0.25) is 0 Å². The number of halogens is 2. The van der Waals surface area contributed by atoms with Crippen LogP contribution in [0.4, 0.5) is 13.6 Å². The van der Waals surface area contributed by atoms with Gasteiger partial charge >= 0.3 is 6.09 Å². The SMILES string of the molecule is CCOC(=O)N1CC(=Cc2ccccc2F)C(=O)C(=Cc2ccccc2F)C1. The van der Waals surface area contributed by atoms with Crippen LogP contribution in [0.1, 0.15) is 18.1 Å². The molecule has 0 aliphatic carbocycles. The molecule has 144 valence electrons. The number of carbonyl (C=O) groups excluding carboxylic acids is 2. The highest BCUT2D eigenvalue weighted by Crippen LogP contribution is 2.24. The predicted octanol–water partition coefficient (Wildman–Crippen LogP) is 4.47. The van der Waals surface area contributed by atoms with Crippen LogP contribution in [0, 0.1) is 11.6 Å². The van der Waals surface area contributed by atoms with Gasteiger partial charge in [-0.05, 0) is 31.2 Å². The smallest absolute Gasteiger partial charge is 0.410 e. The van der Waals surface area contributed by atoms with Crippen molar-refractivity contribution in [2.24, 2.45) is 0 Å². The lowest BCUT2D eigenvalue weighted by Crippen LogP contribution is -2.41. The summed E-state index contributed by atoms with van der Waals surface area (Å²) in [4.78, 5) is 26.5. The van der Waals surface area contributed by atoms with Crippen LogP contribution in [0.2, 0.25) is 0 Å². The molecule has 0 atom stereocenters. The van der Waals surface area contributed by atoms with Crippen molar-refractivity contribution < 1.29 is 23.1 Å². The Bertz CT molecular complexity index is 898. The Labute approximate surface area is 161 Å². The summed E-state index contributed by atoms with van der Waals surface area (Å²) < 4.78 is 33.1. The lowest BCUT2D eigenvalue weighted by molar-refractivity contribution is -0.113. The maximum atomic E-state index is 14.0. The van der Waals surface area contributed by atoms with E-state index in [1.165, 1.54) is 29.2 Å². The third-order valence-electron chi connectivity index (χ3n) is 4.30. The first-order valence-electron chi connectivity index (χ1n) is 8.86. The van der Waals surface area contributed by atoms with Gasteiger partial charge in [0.1, 0.15) is 11.6 Å². The molecule has 2 aromatic carbocycles. The number of rotatable bonds is 3. The van der Waals surface area contributed by atoms with E-state index in [9.17, 15) is 18.4 Å². The standard InChI is InChI=1S/C22H19F2NO3/c1-2-28-22(27)25-13-17(11-15-7-3-5-9-19(15)23)21(26)18(14-25)12-16-8-4-6-10-20(16)24/h3-12H,2,13-14H2,1H3. The first-order valence-corrected chi connectivity index (χ1v) is 8.86. The summed E-state index contributed by atoms with van der Waals surface area (Å²) in [5, 5.41) is 0. The topological polar surface area (TPSA) is 46.6 Å². The summed E-state index contributed by atoms with van der Waals surface area (Å²) in [6.07, 6.45) is 2.24. The molecule has 1 fully saturated rings. The van der Waals surface area contributed by atoms with Crippen molar-refractivity contribution >= 4 is 24.0 Å². The molecule has 0 unspecified atom stereocenters. The van der Waals surface area contributed by atoms with E-state index in [1.807, 2.05) is 0 Å². The summed E-state index contributed by atoms with van der Waals surface area (Å²) in [5.74, 6) is -1.31. The van der Waals surface area contributed by atoms with Crippen LogP contribution in [-0.2, 0) is 9.53 Å². The zero-order valence-corrected chi connectivity index (χ0v) is 15.3. The van der Waals surface area contributed by atoms with Gasteiger partial charge in [-0.3, -0.25) is 9.69 Å². The Hall–Kier alpha value is -3.28. The zero-order chi connectivity index (χ0) is 20.1. The number of ether oxygens (including phenoxy) is 1. The van der Waals surface area contributed by atoms with E-state index in [1.54, 1.807) is 43.3 Å². The van der Waals surface area contributed by atoms with E-state index in [0.717, 1.165) is 0 Å². The molecule has 0 aromatic heterocycles. The Balaban J connectivity index is 2.02. The molecule has 0 spiro atoms. The van der Waals surface area contributed by atoms with Gasteiger partial charge in [-0.15, -0.1) is 0 Å². The van der Waals surface area contributed by atoms with Crippen molar-refractivity contribution in [1.29, 1.82) is 0 Å².